The summed E-state index contributed by atoms with van der Waals surface area (Å²) in [5, 5.41) is 10.8. The van der Waals surface area contributed by atoms with Crippen molar-refractivity contribution in [3.8, 4) is 5.69 Å². The Labute approximate surface area is 184 Å². The van der Waals surface area contributed by atoms with Crippen LogP contribution in [0.25, 0.3) is 16.6 Å². The first-order valence-corrected chi connectivity index (χ1v) is 10.6. The fourth-order valence-electron chi connectivity index (χ4n) is 3.82. The number of hydrogen-bond acceptors (Lipinski definition) is 2. The van der Waals surface area contributed by atoms with Gasteiger partial charge in [-0.1, -0.05) is 28.1 Å². The van der Waals surface area contributed by atoms with E-state index < -0.39 is 11.4 Å². The summed E-state index contributed by atoms with van der Waals surface area (Å²) >= 11 is 3.57. The molecule has 0 radical (unpaired) electrons. The molecule has 0 saturated heterocycles. The van der Waals surface area contributed by atoms with E-state index in [-0.39, 0.29) is 0 Å². The van der Waals surface area contributed by atoms with Crippen LogP contribution in [0, 0.1) is 12.3 Å². The van der Waals surface area contributed by atoms with Gasteiger partial charge in [0.15, 0.2) is 0 Å². The number of hydrogen-bond donors (Lipinski definition) is 1. The Bertz CT molecular complexity index is 1210. The minimum atomic E-state index is -0.848. The monoisotopic (exact) mass is 465 g/mol. The van der Waals surface area contributed by atoms with E-state index >= 15 is 0 Å². The maximum absolute atomic E-state index is 11.8. The topological polar surface area (TPSA) is 60.0 Å². The predicted octanol–water partition coefficient (Wildman–Crippen LogP) is 5.60. The fourth-order valence-corrected chi connectivity index (χ4v) is 4.18. The van der Waals surface area contributed by atoms with Crippen molar-refractivity contribution in [2.45, 2.75) is 33.7 Å². The second-order valence-corrected chi connectivity index (χ2v) is 9.24. The van der Waals surface area contributed by atoms with Gasteiger partial charge in [-0.05, 0) is 62.2 Å². The third-order valence-electron chi connectivity index (χ3n) is 5.68. The van der Waals surface area contributed by atoms with E-state index in [4.69, 9.17) is 0 Å². The number of rotatable bonds is 6. The molecule has 2 aromatic carbocycles. The van der Waals surface area contributed by atoms with Crippen LogP contribution in [0.1, 0.15) is 30.7 Å². The van der Waals surface area contributed by atoms with Gasteiger partial charge in [-0.3, -0.25) is 4.79 Å². The van der Waals surface area contributed by atoms with Crippen LogP contribution < -0.4 is 0 Å². The lowest BCUT2D eigenvalue weighted by Crippen LogP contribution is -2.27. The third kappa shape index (κ3) is 3.79. The Morgan fingerprint density at radius 2 is 1.90 bits per heavy atom. The summed E-state index contributed by atoms with van der Waals surface area (Å²) in [6.45, 7) is 6.33. The number of nitrogens with zero attached hydrogens (tertiary/aromatic N) is 3. The summed E-state index contributed by atoms with van der Waals surface area (Å²) < 4.78 is 5.25. The summed E-state index contributed by atoms with van der Waals surface area (Å²) in [6, 6.07) is 14.6. The van der Waals surface area contributed by atoms with Gasteiger partial charge in [-0.15, -0.1) is 0 Å². The third-order valence-corrected chi connectivity index (χ3v) is 6.17. The first-order chi connectivity index (χ1) is 14.3. The Kier molecular flexibility index (Phi) is 5.28. The molecule has 4 aromatic rings. The molecule has 0 fully saturated rings. The predicted molar refractivity (Wildman–Crippen MR) is 122 cm³/mol. The van der Waals surface area contributed by atoms with Crippen molar-refractivity contribution < 1.29 is 9.90 Å². The number of carbonyl (C=O) groups is 1. The molecule has 0 amide bonds. The minimum Gasteiger partial charge on any atom is -0.481 e. The Morgan fingerprint density at radius 1 is 1.17 bits per heavy atom. The van der Waals surface area contributed by atoms with Crippen LogP contribution in [-0.2, 0) is 17.8 Å². The maximum Gasteiger partial charge on any atom is 0.309 e. The lowest BCUT2D eigenvalue weighted by molar-refractivity contribution is -0.146. The highest BCUT2D eigenvalue weighted by molar-refractivity contribution is 9.10. The summed E-state index contributed by atoms with van der Waals surface area (Å²) in [7, 11) is 0. The molecule has 0 aliphatic carbocycles. The van der Waals surface area contributed by atoms with Crippen LogP contribution in [0.4, 0.5) is 0 Å². The molecule has 0 atom stereocenters. The zero-order chi connectivity index (χ0) is 21.5. The number of aromatic nitrogens is 3. The average molecular weight is 466 g/mol. The first-order valence-electron chi connectivity index (χ1n) is 9.84. The minimum absolute atomic E-state index is 0.466. The number of aliphatic carboxylic acids is 1. The molecule has 0 bridgehead atoms. The van der Waals surface area contributed by atoms with Crippen molar-refractivity contribution in [3.63, 3.8) is 0 Å². The lowest BCUT2D eigenvalue weighted by atomic mass is 9.87. The number of carboxylic acids is 1. The van der Waals surface area contributed by atoms with E-state index in [0.717, 1.165) is 37.9 Å². The molecule has 0 aliphatic rings. The zero-order valence-corrected chi connectivity index (χ0v) is 18.8. The second kappa shape index (κ2) is 7.76. The van der Waals surface area contributed by atoms with E-state index in [1.54, 1.807) is 26.4 Å². The van der Waals surface area contributed by atoms with E-state index in [2.05, 4.69) is 68.8 Å². The summed E-state index contributed by atoms with van der Waals surface area (Å²) in [6.07, 6.45) is 5.92. The molecule has 154 valence electrons. The van der Waals surface area contributed by atoms with E-state index in [9.17, 15) is 9.90 Å². The van der Waals surface area contributed by atoms with Gasteiger partial charge < -0.3 is 14.2 Å². The molecule has 1 N–H and O–H groups in total. The molecule has 0 spiro atoms. The molecule has 30 heavy (non-hydrogen) atoms. The maximum atomic E-state index is 11.8. The number of fused-ring (bicyclic) bond motifs is 1. The molecular weight excluding hydrogens is 442 g/mol. The van der Waals surface area contributed by atoms with Gasteiger partial charge in [-0.25, -0.2) is 4.98 Å². The second-order valence-electron chi connectivity index (χ2n) is 8.32. The van der Waals surface area contributed by atoms with Crippen LogP contribution in [0.15, 0.2) is 65.7 Å². The highest BCUT2D eigenvalue weighted by Gasteiger charge is 2.30. The zero-order valence-electron chi connectivity index (χ0n) is 17.3. The molecule has 6 heteroatoms. The van der Waals surface area contributed by atoms with E-state index in [0.29, 0.717) is 13.0 Å². The fraction of sp³-hybridized carbons (Fsp3) is 0.250. The molecule has 2 heterocycles. The van der Waals surface area contributed by atoms with Crippen LogP contribution in [0.5, 0.6) is 0 Å². The number of carboxylic acid groups (broad SMARTS) is 1. The molecular formula is C24H24BrN3O2. The highest BCUT2D eigenvalue weighted by atomic mass is 79.9. The molecule has 0 saturated carbocycles. The summed E-state index contributed by atoms with van der Waals surface area (Å²) in [5.41, 5.74) is 4.68. The van der Waals surface area contributed by atoms with Gasteiger partial charge in [-0.2, -0.15) is 0 Å². The number of imidazole rings is 1. The first kappa shape index (κ1) is 20.4. The smallest absolute Gasteiger partial charge is 0.309 e. The van der Waals surface area contributed by atoms with Crippen molar-refractivity contribution in [1.82, 2.24) is 14.1 Å². The Hall–Kier alpha value is -2.86. The van der Waals surface area contributed by atoms with Crippen molar-refractivity contribution in [3.05, 3.63) is 82.5 Å². The number of halogens is 1. The van der Waals surface area contributed by atoms with Gasteiger partial charge in [0, 0.05) is 52.1 Å². The molecule has 2 aromatic heterocycles. The summed E-state index contributed by atoms with van der Waals surface area (Å²) in [5.74, 6) is -0.787. The standard InChI is InChI=1S/C24H24BrN3O2/c1-16-20-12-18(25)6-9-21(20)28(22(16)13-24(2,3)23(29)30)14-17-4-7-19(8-5-17)27-11-10-26-15-27/h4-12,15H,13-14H2,1-3H3,(H,29,30). The Balaban J connectivity index is 1.77. The summed E-state index contributed by atoms with van der Waals surface area (Å²) in [4.78, 5) is 15.9. The average Bonchev–Trinajstić information content (AvgIpc) is 3.32. The molecule has 0 aliphatic heterocycles. The van der Waals surface area contributed by atoms with Crippen LogP contribution in [-0.4, -0.2) is 25.2 Å². The highest BCUT2D eigenvalue weighted by Crippen LogP contribution is 2.33. The number of aryl methyl sites for hydroxylation is 1. The van der Waals surface area contributed by atoms with Gasteiger partial charge in [0.2, 0.25) is 0 Å². The normalized spacial score (nSPS) is 11.9. The van der Waals surface area contributed by atoms with Crippen molar-refractivity contribution in [2.75, 3.05) is 0 Å². The van der Waals surface area contributed by atoms with E-state index in [1.165, 1.54) is 0 Å². The SMILES string of the molecule is Cc1c(CC(C)(C)C(=O)O)n(Cc2ccc(-n3ccnc3)cc2)c2ccc(Br)cc12. The van der Waals surface area contributed by atoms with Crippen molar-refractivity contribution in [2.24, 2.45) is 5.41 Å². The largest absolute Gasteiger partial charge is 0.481 e. The Morgan fingerprint density at radius 3 is 2.53 bits per heavy atom. The molecule has 5 nitrogen and oxygen atoms in total. The van der Waals surface area contributed by atoms with Gasteiger partial charge >= 0.3 is 5.97 Å². The van der Waals surface area contributed by atoms with Crippen molar-refractivity contribution >= 4 is 32.8 Å². The van der Waals surface area contributed by atoms with Gasteiger partial charge in [0.05, 0.1) is 11.7 Å². The van der Waals surface area contributed by atoms with Crippen LogP contribution >= 0.6 is 15.9 Å². The van der Waals surface area contributed by atoms with E-state index in [1.807, 2.05) is 16.8 Å². The molecule has 0 unspecified atom stereocenters. The van der Waals surface area contributed by atoms with Crippen molar-refractivity contribution in [1.29, 1.82) is 0 Å². The van der Waals surface area contributed by atoms with Gasteiger partial charge in [0.25, 0.3) is 0 Å². The van der Waals surface area contributed by atoms with Crippen LogP contribution in [0.2, 0.25) is 0 Å². The molecule has 4 rings (SSSR count). The lowest BCUT2D eigenvalue weighted by Gasteiger charge is -2.21. The van der Waals surface area contributed by atoms with Gasteiger partial charge in [0.1, 0.15) is 0 Å². The number of benzene rings is 2. The quantitative estimate of drug-likeness (QED) is 0.403. The van der Waals surface area contributed by atoms with Crippen LogP contribution in [0.3, 0.4) is 0 Å².